The van der Waals surface area contributed by atoms with Crippen molar-refractivity contribution in [3.05, 3.63) is 63.2 Å². The lowest BCUT2D eigenvalue weighted by atomic mass is 10.1. The summed E-state index contributed by atoms with van der Waals surface area (Å²) in [4.78, 5) is 18.5. The van der Waals surface area contributed by atoms with Crippen LogP contribution in [0.25, 0.3) is 11.4 Å². The van der Waals surface area contributed by atoms with Crippen LogP contribution in [0.2, 0.25) is 0 Å². The summed E-state index contributed by atoms with van der Waals surface area (Å²) in [6, 6.07) is 6.38. The van der Waals surface area contributed by atoms with Crippen molar-refractivity contribution in [1.29, 1.82) is 0 Å². The maximum Gasteiger partial charge on any atom is 0.416 e. The molecule has 4 rings (SSSR count). The van der Waals surface area contributed by atoms with Crippen LogP contribution in [0.15, 0.2) is 42.7 Å². The number of nitro groups is 1. The van der Waals surface area contributed by atoms with Crippen molar-refractivity contribution < 1.29 is 18.1 Å². The van der Waals surface area contributed by atoms with E-state index in [0.29, 0.717) is 50.2 Å². The fourth-order valence-electron chi connectivity index (χ4n) is 3.97. The van der Waals surface area contributed by atoms with E-state index in [4.69, 9.17) is 12.2 Å². The Morgan fingerprint density at radius 1 is 1.12 bits per heavy atom. The maximum absolute atomic E-state index is 13.0. The number of halogens is 3. The van der Waals surface area contributed by atoms with Crippen molar-refractivity contribution >= 4 is 23.6 Å². The molecule has 0 bridgehead atoms. The number of piperazine rings is 1. The molecule has 0 saturated carbocycles. The standard InChI is InChI=1S/C21H22F3N7O2S/c1-2-29-19(15-5-7-25-8-6-15)26-30(20(29)34)14-27-9-11-28(12-10-27)17-4-3-16(21(22,23)24)13-18(17)31(32)33/h3-8,13H,2,9-12,14H2,1H3. The molecule has 0 spiro atoms. The summed E-state index contributed by atoms with van der Waals surface area (Å²) < 4.78 is 43.2. The molecule has 0 N–H and O–H groups in total. The molecule has 180 valence electrons. The lowest BCUT2D eigenvalue weighted by molar-refractivity contribution is -0.384. The molecule has 0 aliphatic carbocycles. The number of anilines is 1. The minimum absolute atomic E-state index is 0.185. The molecule has 0 amide bonds. The molecule has 1 aromatic carbocycles. The Bertz CT molecular complexity index is 1240. The Morgan fingerprint density at radius 2 is 1.79 bits per heavy atom. The van der Waals surface area contributed by atoms with Crippen LogP contribution < -0.4 is 4.90 Å². The minimum atomic E-state index is -4.64. The van der Waals surface area contributed by atoms with Crippen molar-refractivity contribution in [3.63, 3.8) is 0 Å². The monoisotopic (exact) mass is 493 g/mol. The van der Waals surface area contributed by atoms with Crippen molar-refractivity contribution in [2.75, 3.05) is 31.1 Å². The van der Waals surface area contributed by atoms with Crippen molar-refractivity contribution in [2.24, 2.45) is 0 Å². The number of rotatable bonds is 6. The number of alkyl halides is 3. The number of aromatic nitrogens is 4. The van der Waals surface area contributed by atoms with E-state index in [2.05, 4.69) is 15.0 Å². The molecule has 3 heterocycles. The van der Waals surface area contributed by atoms with Gasteiger partial charge in [-0.3, -0.25) is 20.0 Å². The van der Waals surface area contributed by atoms with E-state index in [1.54, 1.807) is 22.0 Å². The lowest BCUT2D eigenvalue weighted by Gasteiger charge is -2.35. The summed E-state index contributed by atoms with van der Waals surface area (Å²) in [7, 11) is 0. The normalized spacial score (nSPS) is 15.0. The molecule has 0 unspecified atom stereocenters. The summed E-state index contributed by atoms with van der Waals surface area (Å²) in [6.45, 7) is 5.01. The molecule has 1 fully saturated rings. The first-order valence-electron chi connectivity index (χ1n) is 10.6. The second kappa shape index (κ2) is 9.50. The van der Waals surface area contributed by atoms with Crippen molar-refractivity contribution in [3.8, 4) is 11.4 Å². The van der Waals surface area contributed by atoms with Crippen LogP contribution in [0.5, 0.6) is 0 Å². The smallest absolute Gasteiger partial charge is 0.363 e. The maximum atomic E-state index is 13.0. The average Bonchev–Trinajstić information content (AvgIpc) is 3.14. The number of hydrogen-bond acceptors (Lipinski definition) is 7. The van der Waals surface area contributed by atoms with Crippen LogP contribution in [0.1, 0.15) is 12.5 Å². The summed E-state index contributed by atoms with van der Waals surface area (Å²) in [5.41, 5.74) is -0.493. The Balaban J connectivity index is 1.49. The number of pyridine rings is 1. The summed E-state index contributed by atoms with van der Waals surface area (Å²) >= 11 is 5.61. The summed E-state index contributed by atoms with van der Waals surface area (Å²) in [5.74, 6) is 0.744. The van der Waals surface area contributed by atoms with E-state index in [1.165, 1.54) is 6.07 Å². The molecule has 1 aliphatic rings. The minimum Gasteiger partial charge on any atom is -0.363 e. The van der Waals surface area contributed by atoms with Gasteiger partial charge in [-0.1, -0.05) is 0 Å². The van der Waals surface area contributed by atoms with Gasteiger partial charge in [0.1, 0.15) is 5.69 Å². The molecular formula is C21H22F3N7O2S. The molecule has 13 heteroatoms. The number of benzene rings is 1. The van der Waals surface area contributed by atoms with E-state index in [9.17, 15) is 23.3 Å². The largest absolute Gasteiger partial charge is 0.416 e. The average molecular weight is 494 g/mol. The number of nitro benzene ring substituents is 1. The zero-order valence-corrected chi connectivity index (χ0v) is 19.1. The Morgan fingerprint density at radius 3 is 2.38 bits per heavy atom. The predicted molar refractivity (Wildman–Crippen MR) is 122 cm³/mol. The van der Waals surface area contributed by atoms with Crippen LogP contribution in [0.4, 0.5) is 24.5 Å². The molecule has 2 aromatic heterocycles. The van der Waals surface area contributed by atoms with E-state index in [-0.39, 0.29) is 5.69 Å². The molecular weight excluding hydrogens is 471 g/mol. The first-order chi connectivity index (χ1) is 16.2. The van der Waals surface area contributed by atoms with E-state index in [0.717, 1.165) is 17.5 Å². The molecule has 0 atom stereocenters. The second-order valence-corrected chi connectivity index (χ2v) is 8.16. The Kier molecular flexibility index (Phi) is 6.66. The zero-order chi connectivity index (χ0) is 24.5. The molecule has 9 nitrogen and oxygen atoms in total. The van der Waals surface area contributed by atoms with Gasteiger partial charge in [-0.2, -0.15) is 18.3 Å². The highest BCUT2D eigenvalue weighted by atomic mass is 32.1. The first-order valence-corrected chi connectivity index (χ1v) is 11.0. The topological polar surface area (TPSA) is 85.3 Å². The highest BCUT2D eigenvalue weighted by Gasteiger charge is 2.34. The van der Waals surface area contributed by atoms with E-state index in [1.807, 2.05) is 23.6 Å². The molecule has 3 aromatic rings. The van der Waals surface area contributed by atoms with Gasteiger partial charge in [0.15, 0.2) is 10.6 Å². The van der Waals surface area contributed by atoms with E-state index >= 15 is 0 Å². The third-order valence-corrected chi connectivity index (χ3v) is 6.16. The van der Waals surface area contributed by atoms with Gasteiger partial charge in [-0.25, -0.2) is 4.68 Å². The van der Waals surface area contributed by atoms with Crippen LogP contribution in [0.3, 0.4) is 0 Å². The van der Waals surface area contributed by atoms with Crippen LogP contribution in [-0.4, -0.2) is 55.3 Å². The lowest BCUT2D eigenvalue weighted by Crippen LogP contribution is -2.47. The first kappa shape index (κ1) is 23.8. The molecule has 1 saturated heterocycles. The Hall–Kier alpha value is -3.32. The van der Waals surface area contributed by atoms with Crippen LogP contribution in [0, 0.1) is 14.9 Å². The predicted octanol–water partition coefficient (Wildman–Crippen LogP) is 4.20. The van der Waals surface area contributed by atoms with Gasteiger partial charge in [-0.05, 0) is 43.4 Å². The second-order valence-electron chi connectivity index (χ2n) is 7.79. The SMILES string of the molecule is CCn1c(-c2ccncc2)nn(CN2CCN(c3ccc(C(F)(F)F)cc3[N+](=O)[O-])CC2)c1=S. The molecule has 34 heavy (non-hydrogen) atoms. The number of hydrogen-bond donors (Lipinski definition) is 0. The van der Waals surface area contributed by atoms with Gasteiger partial charge in [0.2, 0.25) is 0 Å². The van der Waals surface area contributed by atoms with E-state index < -0.39 is 22.4 Å². The van der Waals surface area contributed by atoms with Gasteiger partial charge in [0.05, 0.1) is 17.2 Å². The van der Waals surface area contributed by atoms with Gasteiger partial charge in [-0.15, -0.1) is 0 Å². The summed E-state index contributed by atoms with van der Waals surface area (Å²) in [6.07, 6.45) is -1.26. The van der Waals surface area contributed by atoms with Gasteiger partial charge in [0, 0.05) is 56.7 Å². The van der Waals surface area contributed by atoms with Crippen molar-refractivity contribution in [1.82, 2.24) is 24.2 Å². The van der Waals surface area contributed by atoms with Gasteiger partial charge < -0.3 is 9.47 Å². The van der Waals surface area contributed by atoms with Crippen LogP contribution >= 0.6 is 12.2 Å². The summed E-state index contributed by atoms with van der Waals surface area (Å²) in [5, 5.41) is 16.1. The third-order valence-electron chi connectivity index (χ3n) is 5.72. The van der Waals surface area contributed by atoms with Crippen LogP contribution in [-0.2, 0) is 19.4 Å². The Labute approximate surface area is 198 Å². The van der Waals surface area contributed by atoms with Gasteiger partial charge in [0.25, 0.3) is 5.69 Å². The van der Waals surface area contributed by atoms with Crippen molar-refractivity contribution in [2.45, 2.75) is 26.3 Å². The highest BCUT2D eigenvalue weighted by Crippen LogP contribution is 2.36. The highest BCUT2D eigenvalue weighted by molar-refractivity contribution is 7.71. The zero-order valence-electron chi connectivity index (χ0n) is 18.3. The third kappa shape index (κ3) is 4.80. The van der Waals surface area contributed by atoms with Gasteiger partial charge >= 0.3 is 6.18 Å². The fraction of sp³-hybridized carbons (Fsp3) is 0.381. The molecule has 0 radical (unpaired) electrons. The number of nitrogens with zero attached hydrogens (tertiary/aromatic N) is 7. The quantitative estimate of drug-likeness (QED) is 0.289. The molecule has 1 aliphatic heterocycles. The fourth-order valence-corrected chi connectivity index (χ4v) is 4.28.